The van der Waals surface area contributed by atoms with Gasteiger partial charge in [-0.3, -0.25) is 14.0 Å². The van der Waals surface area contributed by atoms with Gasteiger partial charge in [-0.05, 0) is 61.8 Å². The van der Waals surface area contributed by atoms with Crippen molar-refractivity contribution in [2.45, 2.75) is 12.8 Å². The first kappa shape index (κ1) is 24.0. The van der Waals surface area contributed by atoms with Gasteiger partial charge < -0.3 is 10.2 Å². The molecule has 3 aromatic heterocycles. The van der Waals surface area contributed by atoms with Gasteiger partial charge in [0.05, 0.1) is 27.4 Å². The Morgan fingerprint density at radius 1 is 1.08 bits per heavy atom. The molecule has 1 saturated heterocycles. The zero-order valence-electron chi connectivity index (χ0n) is 20.7. The number of hydrogen-bond acceptors (Lipinski definition) is 6. The Morgan fingerprint density at radius 2 is 1.87 bits per heavy atom. The van der Waals surface area contributed by atoms with E-state index in [4.69, 9.17) is 10.2 Å². The van der Waals surface area contributed by atoms with Gasteiger partial charge in [0.2, 0.25) is 5.43 Å². The average molecular weight is 520 g/mol. The molecule has 1 amide bonds. The number of nitrogens with zero attached hydrogens (tertiary/aromatic N) is 4. The van der Waals surface area contributed by atoms with Crippen molar-refractivity contribution in [3.8, 4) is 17.3 Å². The van der Waals surface area contributed by atoms with E-state index in [1.54, 1.807) is 18.2 Å². The van der Waals surface area contributed by atoms with Crippen LogP contribution < -0.4 is 10.7 Å². The fraction of sp³-hybridized carbons (Fsp3) is 0.200. The maximum absolute atomic E-state index is 13.8. The molecule has 1 aliphatic rings. The number of amides is 1. The van der Waals surface area contributed by atoms with E-state index in [0.29, 0.717) is 28.1 Å². The summed E-state index contributed by atoms with van der Waals surface area (Å²) in [4.78, 5) is 35.1. The maximum atomic E-state index is 13.8. The van der Waals surface area contributed by atoms with Crippen LogP contribution in [0.4, 0.5) is 0 Å². The third kappa shape index (κ3) is 4.26. The predicted octanol–water partition coefficient (Wildman–Crippen LogP) is 5.09. The second-order valence-corrected chi connectivity index (χ2v) is 10.4. The predicted molar refractivity (Wildman–Crippen MR) is 152 cm³/mol. The average Bonchev–Trinajstić information content (AvgIpc) is 3.60. The molecule has 0 spiro atoms. The number of aromatic nitrogens is 2. The lowest BCUT2D eigenvalue weighted by Gasteiger charge is -2.15. The van der Waals surface area contributed by atoms with Crippen LogP contribution in [-0.4, -0.2) is 46.4 Å². The van der Waals surface area contributed by atoms with Crippen molar-refractivity contribution in [3.05, 3.63) is 88.1 Å². The lowest BCUT2D eigenvalue weighted by Crippen LogP contribution is -2.35. The first-order chi connectivity index (χ1) is 18.7. The molecule has 0 aliphatic carbocycles. The Balaban J connectivity index is 1.52. The Morgan fingerprint density at radius 3 is 2.71 bits per heavy atom. The largest absolute Gasteiger partial charge is 0.351 e. The Kier molecular flexibility index (Phi) is 6.46. The Hall–Kier alpha value is -4.32. The highest BCUT2D eigenvalue weighted by molar-refractivity contribution is 7.24. The van der Waals surface area contributed by atoms with Gasteiger partial charge >= 0.3 is 0 Å². The summed E-state index contributed by atoms with van der Waals surface area (Å²) in [5.41, 5.74) is 3.63. The molecule has 0 bridgehead atoms. The molecule has 6 rings (SSSR count). The minimum absolute atomic E-state index is 0.159. The summed E-state index contributed by atoms with van der Waals surface area (Å²) in [7, 11) is 0. The van der Waals surface area contributed by atoms with Crippen molar-refractivity contribution in [2.75, 3.05) is 26.2 Å². The molecular formula is C30H25N5O2S. The van der Waals surface area contributed by atoms with Crippen molar-refractivity contribution in [1.29, 1.82) is 5.26 Å². The van der Waals surface area contributed by atoms with Crippen LogP contribution in [0.3, 0.4) is 0 Å². The summed E-state index contributed by atoms with van der Waals surface area (Å²) in [6.07, 6.45) is 5.56. The van der Waals surface area contributed by atoms with E-state index in [0.717, 1.165) is 41.0 Å². The number of benzene rings is 2. The van der Waals surface area contributed by atoms with Crippen molar-refractivity contribution < 1.29 is 4.79 Å². The number of carbonyl (C=O) groups is 1. The number of rotatable bonds is 6. The second kappa shape index (κ2) is 10.2. The van der Waals surface area contributed by atoms with Crippen molar-refractivity contribution in [2.24, 2.45) is 0 Å². The smallest absolute Gasteiger partial charge is 0.258 e. The minimum atomic E-state index is -0.351. The van der Waals surface area contributed by atoms with Crippen LogP contribution in [0.5, 0.6) is 0 Å². The fourth-order valence-electron chi connectivity index (χ4n) is 5.16. The Bertz CT molecular complexity index is 1820. The fourth-order valence-corrected chi connectivity index (χ4v) is 6.35. The first-order valence-electron chi connectivity index (χ1n) is 12.7. The quantitative estimate of drug-likeness (QED) is 0.316. The van der Waals surface area contributed by atoms with E-state index in [1.165, 1.54) is 30.3 Å². The topological polar surface area (TPSA) is 90.5 Å². The van der Waals surface area contributed by atoms with E-state index in [-0.39, 0.29) is 16.9 Å². The van der Waals surface area contributed by atoms with Gasteiger partial charge in [-0.1, -0.05) is 36.4 Å². The number of likely N-dealkylation sites (tertiary alicyclic amines) is 1. The molecule has 1 fully saturated rings. The highest BCUT2D eigenvalue weighted by Gasteiger charge is 2.23. The van der Waals surface area contributed by atoms with Gasteiger partial charge in [-0.25, -0.2) is 4.98 Å². The zero-order chi connectivity index (χ0) is 26.1. The third-order valence-electron chi connectivity index (χ3n) is 7.00. The van der Waals surface area contributed by atoms with Crippen LogP contribution in [0, 0.1) is 11.3 Å². The molecule has 188 valence electrons. The highest BCUT2D eigenvalue weighted by Crippen LogP contribution is 2.32. The molecule has 7 nitrogen and oxygen atoms in total. The first-order valence-corrected chi connectivity index (χ1v) is 13.5. The maximum Gasteiger partial charge on any atom is 0.258 e. The highest BCUT2D eigenvalue weighted by atomic mass is 32.1. The summed E-state index contributed by atoms with van der Waals surface area (Å²) in [5, 5.41) is 12.4. The van der Waals surface area contributed by atoms with Crippen molar-refractivity contribution in [1.82, 2.24) is 19.6 Å². The molecule has 5 aromatic rings. The van der Waals surface area contributed by atoms with Gasteiger partial charge in [-0.15, -0.1) is 11.3 Å². The van der Waals surface area contributed by atoms with Crippen LogP contribution in [0.25, 0.3) is 43.4 Å². The lowest BCUT2D eigenvalue weighted by molar-refractivity contribution is 0.0950. The SMILES string of the molecule is N#C/C=C/c1ccccc1-c1ccc2c(=O)c(C(=O)NCCN3CCCC3)c3sc4ccccc4n3c2n1. The Labute approximate surface area is 223 Å². The number of hydrogen-bond donors (Lipinski definition) is 1. The molecule has 38 heavy (non-hydrogen) atoms. The van der Waals surface area contributed by atoms with Gasteiger partial charge in [0.15, 0.2) is 0 Å². The number of carbonyl (C=O) groups excluding carboxylic acids is 1. The van der Waals surface area contributed by atoms with Crippen LogP contribution in [0.1, 0.15) is 28.8 Å². The number of thiazole rings is 1. The molecule has 4 heterocycles. The van der Waals surface area contributed by atoms with Crippen LogP contribution in [0.2, 0.25) is 0 Å². The van der Waals surface area contributed by atoms with Crippen LogP contribution in [-0.2, 0) is 0 Å². The third-order valence-corrected chi connectivity index (χ3v) is 8.15. The van der Waals surface area contributed by atoms with Crippen molar-refractivity contribution in [3.63, 3.8) is 0 Å². The summed E-state index contributed by atoms with van der Waals surface area (Å²) >= 11 is 1.42. The second-order valence-electron chi connectivity index (χ2n) is 9.34. The standard InChI is InChI=1S/C30H25N5O2S/c31-15-7-9-20-8-1-2-10-21(20)23-14-13-22-27(36)26(29(37)32-16-19-34-17-5-6-18-34)30-35(28(22)33-23)24-11-3-4-12-25(24)38-30/h1-4,7-14H,5-6,16-19H2,(H,32,37)/b9-7+. The molecule has 2 aromatic carbocycles. The van der Waals surface area contributed by atoms with Gasteiger partial charge in [0.1, 0.15) is 16.0 Å². The molecule has 0 atom stereocenters. The summed E-state index contributed by atoms with van der Waals surface area (Å²) in [6, 6.07) is 21.2. The van der Waals surface area contributed by atoms with E-state index in [1.807, 2.05) is 59.0 Å². The molecule has 1 aliphatic heterocycles. The molecule has 1 N–H and O–H groups in total. The van der Waals surface area contributed by atoms with Gasteiger partial charge in [-0.2, -0.15) is 5.26 Å². The monoisotopic (exact) mass is 519 g/mol. The van der Waals surface area contributed by atoms with Gasteiger partial charge in [0.25, 0.3) is 5.91 Å². The van der Waals surface area contributed by atoms with E-state index in [9.17, 15) is 9.59 Å². The van der Waals surface area contributed by atoms with E-state index >= 15 is 0 Å². The molecule has 0 unspecified atom stereocenters. The van der Waals surface area contributed by atoms with E-state index < -0.39 is 0 Å². The van der Waals surface area contributed by atoms with Crippen LogP contribution >= 0.6 is 11.3 Å². The van der Waals surface area contributed by atoms with E-state index in [2.05, 4.69) is 10.2 Å². The minimum Gasteiger partial charge on any atom is -0.351 e. The summed E-state index contributed by atoms with van der Waals surface area (Å²) < 4.78 is 2.90. The molecule has 0 saturated carbocycles. The number of pyridine rings is 2. The number of nitrogens with one attached hydrogen (secondary N) is 1. The number of nitriles is 1. The van der Waals surface area contributed by atoms with Crippen molar-refractivity contribution >= 4 is 49.4 Å². The number of allylic oxidation sites excluding steroid dienone is 1. The lowest BCUT2D eigenvalue weighted by atomic mass is 10.0. The molecule has 8 heteroatoms. The zero-order valence-corrected chi connectivity index (χ0v) is 21.5. The number of fused-ring (bicyclic) bond motifs is 5. The molecule has 0 radical (unpaired) electrons. The van der Waals surface area contributed by atoms with Gasteiger partial charge in [0, 0.05) is 24.7 Å². The number of para-hydroxylation sites is 1. The molecular weight excluding hydrogens is 494 g/mol. The summed E-state index contributed by atoms with van der Waals surface area (Å²) in [6.45, 7) is 3.38. The van der Waals surface area contributed by atoms with Crippen LogP contribution in [0.15, 0.2) is 71.5 Å². The normalized spacial score (nSPS) is 14.1. The summed E-state index contributed by atoms with van der Waals surface area (Å²) in [5.74, 6) is -0.351.